The molecule has 0 heterocycles. The normalized spacial score (nSPS) is 13.3. The van der Waals surface area contributed by atoms with Gasteiger partial charge in [0.25, 0.3) is 0 Å². The summed E-state index contributed by atoms with van der Waals surface area (Å²) in [5, 5.41) is 0. The molecule has 60 valence electrons. The van der Waals surface area contributed by atoms with Gasteiger partial charge < -0.3 is 9.79 Å². The molecule has 0 aliphatic rings. The van der Waals surface area contributed by atoms with Crippen LogP contribution in [0.25, 0.3) is 0 Å². The van der Waals surface area contributed by atoms with E-state index in [-0.39, 0.29) is 6.16 Å². The van der Waals surface area contributed by atoms with Crippen molar-refractivity contribution in [3.8, 4) is 0 Å². The molecule has 0 radical (unpaired) electrons. The third-order valence-electron chi connectivity index (χ3n) is 0.604. The molecule has 10 heavy (non-hydrogen) atoms. The largest absolute Gasteiger partial charge is 0.518 e. The molecule has 0 amide bonds. The highest BCUT2D eigenvalue weighted by Gasteiger charge is 2.30. The molecule has 0 spiro atoms. The lowest BCUT2D eigenvalue weighted by Gasteiger charge is -1.90. The molecule has 0 rings (SSSR count). The third kappa shape index (κ3) is 6.33. The van der Waals surface area contributed by atoms with E-state index in [1.54, 1.807) is 6.92 Å². The van der Waals surface area contributed by atoms with Crippen LogP contribution in [0.3, 0.4) is 0 Å². The van der Waals surface area contributed by atoms with E-state index in [1.807, 2.05) is 0 Å². The Morgan fingerprint density at radius 2 is 2.10 bits per heavy atom. The summed E-state index contributed by atoms with van der Waals surface area (Å²) in [5.74, 6) is 0. The van der Waals surface area contributed by atoms with E-state index in [1.165, 1.54) is 0 Å². The lowest BCUT2D eigenvalue weighted by Crippen LogP contribution is -1.80. The molecular weight excluding hydrogens is 178 g/mol. The molecule has 0 aliphatic heterocycles. The van der Waals surface area contributed by atoms with E-state index in [0.29, 0.717) is 6.42 Å². The SMILES string of the molecule is CCC[P+](=O)OP(=O)(O)O. The van der Waals surface area contributed by atoms with Crippen molar-refractivity contribution in [1.29, 1.82) is 0 Å². The molecule has 0 bridgehead atoms. The van der Waals surface area contributed by atoms with E-state index >= 15 is 0 Å². The standard InChI is InChI=1S/C3H8O5P2/c1-2-3-9(4)8-10(5,6)7/h2-3H2,1H3,(H-,5,6,7)/p+1. The van der Waals surface area contributed by atoms with Crippen LogP contribution in [0.4, 0.5) is 0 Å². The molecule has 0 aromatic rings. The van der Waals surface area contributed by atoms with Crippen LogP contribution in [0, 0.1) is 0 Å². The van der Waals surface area contributed by atoms with Gasteiger partial charge in [0.1, 0.15) is 0 Å². The van der Waals surface area contributed by atoms with Crippen LogP contribution in [-0.4, -0.2) is 15.9 Å². The summed E-state index contributed by atoms with van der Waals surface area (Å²) in [4.78, 5) is 16.2. The molecule has 0 saturated carbocycles. The van der Waals surface area contributed by atoms with E-state index < -0.39 is 15.9 Å². The van der Waals surface area contributed by atoms with Crippen molar-refractivity contribution >= 4 is 15.9 Å². The van der Waals surface area contributed by atoms with Gasteiger partial charge in [0, 0.05) is 0 Å². The third-order valence-corrected chi connectivity index (χ3v) is 3.00. The van der Waals surface area contributed by atoms with Gasteiger partial charge in [0.2, 0.25) is 0 Å². The Kier molecular flexibility index (Phi) is 4.25. The Balaban J connectivity index is 3.70. The number of rotatable bonds is 4. The van der Waals surface area contributed by atoms with Crippen molar-refractivity contribution < 1.29 is 23.2 Å². The van der Waals surface area contributed by atoms with Crippen LogP contribution in [0.1, 0.15) is 13.3 Å². The minimum absolute atomic E-state index is 0.181. The average molecular weight is 187 g/mol. The van der Waals surface area contributed by atoms with Gasteiger partial charge in [-0.3, -0.25) is 0 Å². The van der Waals surface area contributed by atoms with Crippen molar-refractivity contribution in [1.82, 2.24) is 0 Å². The van der Waals surface area contributed by atoms with E-state index in [9.17, 15) is 9.13 Å². The molecule has 0 aromatic carbocycles. The lowest BCUT2D eigenvalue weighted by molar-refractivity contribution is 0.288. The van der Waals surface area contributed by atoms with Gasteiger partial charge in [-0.05, 0) is 15.3 Å². The molecular formula is C3H9O5P2+. The van der Waals surface area contributed by atoms with Gasteiger partial charge in [-0.2, -0.15) is 0 Å². The molecule has 1 unspecified atom stereocenters. The zero-order valence-corrected chi connectivity index (χ0v) is 7.22. The minimum atomic E-state index is -4.54. The summed E-state index contributed by atoms with van der Waals surface area (Å²) >= 11 is 0. The zero-order valence-electron chi connectivity index (χ0n) is 5.43. The van der Waals surface area contributed by atoms with Crippen LogP contribution in [0.15, 0.2) is 0 Å². The van der Waals surface area contributed by atoms with Crippen LogP contribution >= 0.6 is 15.9 Å². The van der Waals surface area contributed by atoms with E-state index in [2.05, 4.69) is 4.31 Å². The molecule has 5 nitrogen and oxygen atoms in total. The molecule has 0 fully saturated rings. The van der Waals surface area contributed by atoms with Crippen LogP contribution in [0.5, 0.6) is 0 Å². The maximum Gasteiger partial charge on any atom is 0.518 e. The molecule has 7 heteroatoms. The first-order valence-corrected chi connectivity index (χ1v) is 5.55. The fourth-order valence-electron chi connectivity index (χ4n) is 0.342. The maximum atomic E-state index is 10.5. The predicted octanol–water partition coefficient (Wildman–Crippen LogP) is 1.25. The van der Waals surface area contributed by atoms with Gasteiger partial charge >= 0.3 is 15.9 Å². The number of phosphoric acid groups is 1. The number of hydrogen-bond donors (Lipinski definition) is 2. The second-order valence-corrected chi connectivity index (χ2v) is 4.38. The smallest absolute Gasteiger partial charge is 0.300 e. The van der Waals surface area contributed by atoms with Crippen molar-refractivity contribution in [2.45, 2.75) is 13.3 Å². The molecule has 1 atom stereocenters. The van der Waals surface area contributed by atoms with Crippen LogP contribution in [-0.2, 0) is 13.4 Å². The summed E-state index contributed by atoms with van der Waals surface area (Å²) in [6.45, 7) is 1.75. The van der Waals surface area contributed by atoms with Crippen molar-refractivity contribution in [3.05, 3.63) is 0 Å². The highest BCUT2D eigenvalue weighted by molar-refractivity contribution is 7.57. The Morgan fingerprint density at radius 1 is 1.60 bits per heavy atom. The average Bonchev–Trinajstić information content (AvgIpc) is 1.59. The van der Waals surface area contributed by atoms with Crippen LogP contribution < -0.4 is 0 Å². The van der Waals surface area contributed by atoms with Gasteiger partial charge in [0.05, 0.1) is 0 Å². The second-order valence-electron chi connectivity index (χ2n) is 1.63. The Labute approximate surface area is 59.5 Å². The monoisotopic (exact) mass is 187 g/mol. The van der Waals surface area contributed by atoms with Gasteiger partial charge in [-0.15, -0.1) is 0 Å². The summed E-state index contributed by atoms with van der Waals surface area (Å²) in [5.41, 5.74) is 0. The first-order chi connectivity index (χ1) is 4.45. The Hall–Kier alpha value is 0.210. The quantitative estimate of drug-likeness (QED) is 0.647. The van der Waals surface area contributed by atoms with Crippen LogP contribution in [0.2, 0.25) is 0 Å². The summed E-state index contributed by atoms with van der Waals surface area (Å²) < 4.78 is 24.4. The minimum Gasteiger partial charge on any atom is -0.300 e. The Bertz CT molecular complexity index is 160. The summed E-state index contributed by atoms with van der Waals surface area (Å²) in [7, 11) is -6.72. The van der Waals surface area contributed by atoms with Gasteiger partial charge in [0.15, 0.2) is 6.16 Å². The molecule has 0 aliphatic carbocycles. The van der Waals surface area contributed by atoms with Crippen molar-refractivity contribution in [2.75, 3.05) is 6.16 Å². The van der Waals surface area contributed by atoms with Crippen molar-refractivity contribution in [3.63, 3.8) is 0 Å². The van der Waals surface area contributed by atoms with Gasteiger partial charge in [-0.1, -0.05) is 6.92 Å². The topological polar surface area (TPSA) is 83.8 Å². The fourth-order valence-corrected chi connectivity index (χ4v) is 1.98. The second kappa shape index (κ2) is 4.16. The van der Waals surface area contributed by atoms with E-state index in [0.717, 1.165) is 0 Å². The molecule has 2 N–H and O–H groups in total. The van der Waals surface area contributed by atoms with Crippen molar-refractivity contribution in [2.24, 2.45) is 0 Å². The number of hydrogen-bond acceptors (Lipinski definition) is 3. The summed E-state index contributed by atoms with van der Waals surface area (Å²) in [6, 6.07) is 0. The predicted molar refractivity (Wildman–Crippen MR) is 35.9 cm³/mol. The maximum absolute atomic E-state index is 10.5. The lowest BCUT2D eigenvalue weighted by atomic mass is 10.6. The zero-order chi connectivity index (χ0) is 8.20. The first kappa shape index (κ1) is 10.2. The first-order valence-electron chi connectivity index (χ1n) is 2.65. The molecule has 0 aromatic heterocycles. The van der Waals surface area contributed by atoms with Gasteiger partial charge in [-0.25, -0.2) is 4.57 Å². The Morgan fingerprint density at radius 3 is 2.40 bits per heavy atom. The highest BCUT2D eigenvalue weighted by atomic mass is 31.2. The van der Waals surface area contributed by atoms with E-state index in [4.69, 9.17) is 9.79 Å². The molecule has 0 saturated heterocycles. The highest BCUT2D eigenvalue weighted by Crippen LogP contribution is 2.47. The fraction of sp³-hybridized carbons (Fsp3) is 1.00. The summed E-state index contributed by atoms with van der Waals surface area (Å²) in [6.07, 6.45) is 0.760.